The monoisotopic (exact) mass is 578 g/mol. The summed E-state index contributed by atoms with van der Waals surface area (Å²) < 4.78 is 0. The van der Waals surface area contributed by atoms with Crippen molar-refractivity contribution in [2.24, 2.45) is 0 Å². The summed E-state index contributed by atoms with van der Waals surface area (Å²) in [6.45, 7) is 5.33. The second kappa shape index (κ2) is 10.2. The third kappa shape index (κ3) is 4.26. The zero-order valence-corrected chi connectivity index (χ0v) is 25.5. The number of thiophene rings is 1. The number of fused-ring (bicyclic) bond motifs is 7. The lowest BCUT2D eigenvalue weighted by Gasteiger charge is -2.31. The Morgan fingerprint density at radius 3 is 2.02 bits per heavy atom. The van der Waals surface area contributed by atoms with Gasteiger partial charge in [-0.05, 0) is 96.6 Å². The van der Waals surface area contributed by atoms with Gasteiger partial charge >= 0.3 is 0 Å². The average Bonchev–Trinajstić information content (AvgIpc) is 3.34. The molecular weight excluding hydrogens is 545 g/mol. The highest BCUT2D eigenvalue weighted by Gasteiger charge is 2.32. The van der Waals surface area contributed by atoms with E-state index < -0.39 is 0 Å². The van der Waals surface area contributed by atoms with Crippen molar-refractivity contribution in [3.63, 3.8) is 0 Å². The van der Waals surface area contributed by atoms with Crippen molar-refractivity contribution in [2.45, 2.75) is 32.5 Å². The molecule has 2 unspecified atom stereocenters. The molecule has 4 aliphatic heterocycles. The van der Waals surface area contributed by atoms with E-state index >= 15 is 0 Å². The molecule has 0 radical (unpaired) electrons. The molecule has 0 spiro atoms. The molecule has 4 aromatic rings. The van der Waals surface area contributed by atoms with Gasteiger partial charge in [-0.25, -0.2) is 0 Å². The lowest BCUT2D eigenvalue weighted by molar-refractivity contribution is 0.450. The van der Waals surface area contributed by atoms with Crippen LogP contribution in [-0.4, -0.2) is 11.9 Å². The first kappa shape index (κ1) is 25.9. The fourth-order valence-corrected chi connectivity index (χ4v) is 8.15. The van der Waals surface area contributed by atoms with E-state index in [1.165, 1.54) is 71.3 Å². The number of nitrogens with zero attached hydrogens (tertiary/aromatic N) is 2. The third-order valence-electron chi connectivity index (χ3n) is 8.96. The van der Waals surface area contributed by atoms with Gasteiger partial charge in [0.05, 0.1) is 23.5 Å². The Balaban J connectivity index is 1.39. The maximum Gasteiger partial charge on any atom is 0.0723 e. The fourth-order valence-electron chi connectivity index (χ4n) is 6.89. The van der Waals surface area contributed by atoms with Gasteiger partial charge < -0.3 is 20.4 Å². The highest BCUT2D eigenvalue weighted by molar-refractivity contribution is 7.17. The molecule has 5 heterocycles. The van der Waals surface area contributed by atoms with Crippen LogP contribution in [0.1, 0.15) is 47.5 Å². The van der Waals surface area contributed by atoms with Crippen LogP contribution in [0.5, 0.6) is 0 Å². The summed E-state index contributed by atoms with van der Waals surface area (Å²) in [4.78, 5) is 7.49. The zero-order chi connectivity index (χ0) is 29.1. The molecule has 0 saturated heterocycles. The smallest absolute Gasteiger partial charge is 0.0723 e. The van der Waals surface area contributed by atoms with Gasteiger partial charge in [0.15, 0.2) is 0 Å². The van der Waals surface area contributed by atoms with Crippen molar-refractivity contribution in [2.75, 3.05) is 11.9 Å². The van der Waals surface area contributed by atoms with Crippen molar-refractivity contribution in [1.29, 1.82) is 0 Å². The van der Waals surface area contributed by atoms with E-state index in [-0.39, 0.29) is 12.1 Å². The third-order valence-corrected chi connectivity index (χ3v) is 10.2. The van der Waals surface area contributed by atoms with Crippen LogP contribution >= 0.6 is 11.3 Å². The van der Waals surface area contributed by atoms with Crippen LogP contribution < -0.4 is 15.5 Å². The molecule has 0 bridgehead atoms. The Morgan fingerprint density at radius 2 is 1.37 bits per heavy atom. The first-order valence-corrected chi connectivity index (χ1v) is 15.7. The minimum Gasteiger partial charge on any atom is -0.380 e. The number of benzene rings is 3. The van der Waals surface area contributed by atoms with Gasteiger partial charge in [-0.15, -0.1) is 11.3 Å². The molecule has 8 rings (SSSR count). The Bertz CT molecular complexity index is 1870. The number of anilines is 3. The minimum atomic E-state index is 0.112. The first-order valence-electron chi connectivity index (χ1n) is 14.9. The van der Waals surface area contributed by atoms with Crippen LogP contribution in [0.15, 0.2) is 121 Å². The normalized spacial score (nSPS) is 19.7. The van der Waals surface area contributed by atoms with E-state index in [4.69, 9.17) is 0 Å². The van der Waals surface area contributed by atoms with Gasteiger partial charge in [0.2, 0.25) is 0 Å². The molecule has 0 amide bonds. The van der Waals surface area contributed by atoms with E-state index in [9.17, 15) is 0 Å². The summed E-state index contributed by atoms with van der Waals surface area (Å²) in [7, 11) is 2.16. The van der Waals surface area contributed by atoms with E-state index in [2.05, 4.69) is 157 Å². The van der Waals surface area contributed by atoms with Gasteiger partial charge in [0.25, 0.3) is 0 Å². The largest absolute Gasteiger partial charge is 0.380 e. The molecule has 0 aliphatic carbocycles. The SMILES string of the molecule is CC1=CC=CNC1c1cc(C2NC=CC=C2C)cc(N2c3ccccc3-c3sc4c(c3-c3ccccc32)CN(C)C=C4)c1. The predicted octanol–water partition coefficient (Wildman–Crippen LogP) is 9.49. The van der Waals surface area contributed by atoms with Crippen LogP contribution in [0, 0.1) is 0 Å². The van der Waals surface area contributed by atoms with Crippen LogP contribution in [0.3, 0.4) is 0 Å². The van der Waals surface area contributed by atoms with E-state index in [0.717, 1.165) is 6.54 Å². The summed E-state index contributed by atoms with van der Waals surface area (Å²) in [5.74, 6) is 0. The molecule has 2 N–H and O–H groups in total. The number of rotatable bonds is 3. The van der Waals surface area contributed by atoms with Gasteiger partial charge in [-0.2, -0.15) is 0 Å². The Hall–Kier alpha value is -4.74. The van der Waals surface area contributed by atoms with Gasteiger partial charge in [0, 0.05) is 51.9 Å². The van der Waals surface area contributed by atoms with E-state index in [1.807, 2.05) is 11.3 Å². The second-order valence-electron chi connectivity index (χ2n) is 11.8. The lowest BCUT2D eigenvalue weighted by Crippen LogP contribution is -2.23. The summed E-state index contributed by atoms with van der Waals surface area (Å²) in [5.41, 5.74) is 14.1. The molecular formula is C38H34N4S. The van der Waals surface area contributed by atoms with Crippen molar-refractivity contribution in [3.8, 4) is 21.6 Å². The standard InChI is InChI=1S/C38H34N4S/c1-24-10-8-17-39-36(24)26-20-27(37-25(2)11-9-18-40-37)22-28(21-26)42-32-14-6-4-12-29(32)35-31-23-41(3)19-16-34(31)43-38(35)30-13-5-7-15-33(30)42/h4-22,36-37,39-40H,23H2,1-3H3. The summed E-state index contributed by atoms with van der Waals surface area (Å²) in [5, 5.41) is 7.26. The van der Waals surface area contributed by atoms with Gasteiger partial charge in [0.1, 0.15) is 0 Å². The molecule has 212 valence electrons. The molecule has 2 atom stereocenters. The molecule has 4 aliphatic rings. The predicted molar refractivity (Wildman–Crippen MR) is 181 cm³/mol. The Kier molecular flexibility index (Phi) is 6.16. The molecule has 3 aromatic carbocycles. The highest BCUT2D eigenvalue weighted by Crippen LogP contribution is 2.56. The maximum absolute atomic E-state index is 3.63. The number of hydrogen-bond acceptors (Lipinski definition) is 5. The number of dihydropyridines is 2. The van der Waals surface area contributed by atoms with Gasteiger partial charge in [-0.1, -0.05) is 54.6 Å². The Labute approximate surface area is 257 Å². The molecule has 4 nitrogen and oxygen atoms in total. The second-order valence-corrected chi connectivity index (χ2v) is 12.9. The number of para-hydroxylation sites is 2. The van der Waals surface area contributed by atoms with E-state index in [0.29, 0.717) is 0 Å². The Morgan fingerprint density at radius 1 is 0.767 bits per heavy atom. The average molecular weight is 579 g/mol. The number of hydrogen-bond donors (Lipinski definition) is 2. The van der Waals surface area contributed by atoms with Crippen molar-refractivity contribution in [3.05, 3.63) is 142 Å². The molecule has 0 fully saturated rings. The van der Waals surface area contributed by atoms with Crippen molar-refractivity contribution >= 4 is 34.5 Å². The van der Waals surface area contributed by atoms with Crippen LogP contribution in [0.25, 0.3) is 27.6 Å². The molecule has 0 saturated carbocycles. The maximum atomic E-state index is 3.63. The quantitative estimate of drug-likeness (QED) is 0.223. The zero-order valence-electron chi connectivity index (χ0n) is 24.6. The summed E-state index contributed by atoms with van der Waals surface area (Å²) in [6, 6.07) is 25.3. The number of allylic oxidation sites excluding steroid dienone is 4. The molecule has 1 aromatic heterocycles. The lowest BCUT2D eigenvalue weighted by atomic mass is 9.90. The molecule has 43 heavy (non-hydrogen) atoms. The van der Waals surface area contributed by atoms with Crippen molar-refractivity contribution < 1.29 is 0 Å². The van der Waals surface area contributed by atoms with Crippen LogP contribution in [-0.2, 0) is 6.54 Å². The summed E-state index contributed by atoms with van der Waals surface area (Å²) >= 11 is 1.92. The van der Waals surface area contributed by atoms with Crippen LogP contribution in [0.2, 0.25) is 0 Å². The molecule has 5 heteroatoms. The van der Waals surface area contributed by atoms with Gasteiger partial charge in [-0.3, -0.25) is 0 Å². The van der Waals surface area contributed by atoms with Crippen LogP contribution in [0.4, 0.5) is 17.1 Å². The topological polar surface area (TPSA) is 30.5 Å². The first-order chi connectivity index (χ1) is 21.1. The highest BCUT2D eigenvalue weighted by atomic mass is 32.1. The summed E-state index contributed by atoms with van der Waals surface area (Å²) in [6.07, 6.45) is 17.2. The number of nitrogens with one attached hydrogen (secondary N) is 2. The van der Waals surface area contributed by atoms with Crippen molar-refractivity contribution in [1.82, 2.24) is 15.5 Å². The fraction of sp³-hybridized carbons (Fsp3) is 0.158. The minimum absolute atomic E-state index is 0.112. The van der Waals surface area contributed by atoms with E-state index in [1.54, 1.807) is 0 Å².